The average Bonchev–Trinajstić information content (AvgIpc) is 2.61. The maximum Gasteiger partial charge on any atom is 0.341 e. The van der Waals surface area contributed by atoms with Crippen molar-refractivity contribution in [3.63, 3.8) is 0 Å². The smallest absolute Gasteiger partial charge is 0.341 e. The summed E-state index contributed by atoms with van der Waals surface area (Å²) in [6.45, 7) is 1.89. The van der Waals surface area contributed by atoms with Gasteiger partial charge in [0.05, 0.1) is 19.1 Å². The van der Waals surface area contributed by atoms with Gasteiger partial charge in [0.15, 0.2) is 0 Å². The van der Waals surface area contributed by atoms with E-state index in [9.17, 15) is 13.2 Å². The van der Waals surface area contributed by atoms with Gasteiger partial charge in [0.25, 0.3) is 0 Å². The summed E-state index contributed by atoms with van der Waals surface area (Å²) in [5.41, 5.74) is 0.201. The van der Waals surface area contributed by atoms with E-state index in [1.165, 1.54) is 36.7 Å². The minimum absolute atomic E-state index is 0.124. The monoisotopic (exact) mass is 356 g/mol. The zero-order valence-electron chi connectivity index (χ0n) is 14.2. The SMILES string of the molecule is CNCC1CCN(S(=O)(=O)c2ccc(C(=O)OC)c(OC)c2)CC1. The highest BCUT2D eigenvalue weighted by molar-refractivity contribution is 7.89. The maximum absolute atomic E-state index is 12.8. The molecular formula is C16H24N2O5S. The molecule has 8 heteroatoms. The van der Waals surface area contributed by atoms with Crippen molar-refractivity contribution in [1.29, 1.82) is 0 Å². The van der Waals surface area contributed by atoms with Crippen LogP contribution in [0.3, 0.4) is 0 Å². The Morgan fingerprint density at radius 1 is 1.29 bits per heavy atom. The summed E-state index contributed by atoms with van der Waals surface area (Å²) in [6, 6.07) is 4.22. The summed E-state index contributed by atoms with van der Waals surface area (Å²) in [6.07, 6.45) is 1.66. The highest BCUT2D eigenvalue weighted by atomic mass is 32.2. The number of benzene rings is 1. The van der Waals surface area contributed by atoms with E-state index in [1.54, 1.807) is 0 Å². The van der Waals surface area contributed by atoms with E-state index in [-0.39, 0.29) is 16.2 Å². The van der Waals surface area contributed by atoms with E-state index in [0.29, 0.717) is 19.0 Å². The second-order valence-electron chi connectivity index (χ2n) is 5.76. The summed E-state index contributed by atoms with van der Waals surface area (Å²) in [7, 11) is 0.956. The van der Waals surface area contributed by atoms with E-state index in [1.807, 2.05) is 7.05 Å². The Morgan fingerprint density at radius 3 is 2.50 bits per heavy atom. The summed E-state index contributed by atoms with van der Waals surface area (Å²) < 4.78 is 36.9. The molecule has 0 unspecified atom stereocenters. The molecule has 134 valence electrons. The van der Waals surface area contributed by atoms with Crippen molar-refractivity contribution in [2.45, 2.75) is 17.7 Å². The number of nitrogens with one attached hydrogen (secondary N) is 1. The van der Waals surface area contributed by atoms with Gasteiger partial charge in [0, 0.05) is 19.2 Å². The van der Waals surface area contributed by atoms with E-state index < -0.39 is 16.0 Å². The molecule has 0 radical (unpaired) electrons. The highest BCUT2D eigenvalue weighted by Gasteiger charge is 2.30. The van der Waals surface area contributed by atoms with E-state index >= 15 is 0 Å². The Morgan fingerprint density at radius 2 is 1.96 bits per heavy atom. The molecule has 2 rings (SSSR count). The van der Waals surface area contributed by atoms with E-state index in [2.05, 4.69) is 10.1 Å². The molecule has 1 saturated heterocycles. The maximum atomic E-state index is 12.8. The number of carbonyl (C=O) groups is 1. The molecule has 0 aliphatic carbocycles. The Bertz CT molecular complexity index is 682. The van der Waals surface area contributed by atoms with E-state index in [0.717, 1.165) is 19.4 Å². The van der Waals surface area contributed by atoms with Crippen molar-refractivity contribution in [3.05, 3.63) is 23.8 Å². The predicted molar refractivity (Wildman–Crippen MR) is 89.7 cm³/mol. The molecular weight excluding hydrogens is 332 g/mol. The number of methoxy groups -OCH3 is 2. The summed E-state index contributed by atoms with van der Waals surface area (Å²) >= 11 is 0. The van der Waals surface area contributed by atoms with Crippen molar-refractivity contribution >= 4 is 16.0 Å². The predicted octanol–water partition coefficient (Wildman–Crippen LogP) is 1.10. The largest absolute Gasteiger partial charge is 0.496 e. The number of rotatable bonds is 6. The first-order chi connectivity index (χ1) is 11.4. The van der Waals surface area contributed by atoms with Gasteiger partial charge in [-0.15, -0.1) is 0 Å². The number of hydrogen-bond donors (Lipinski definition) is 1. The number of carbonyl (C=O) groups excluding carboxylic acids is 1. The van der Waals surface area contributed by atoms with Gasteiger partial charge >= 0.3 is 5.97 Å². The van der Waals surface area contributed by atoms with Gasteiger partial charge in [-0.3, -0.25) is 0 Å². The molecule has 1 aromatic carbocycles. The Hall–Kier alpha value is -1.64. The molecule has 0 amide bonds. The molecule has 1 aliphatic rings. The van der Waals surface area contributed by atoms with Crippen LogP contribution in [0, 0.1) is 5.92 Å². The normalized spacial score (nSPS) is 16.8. The van der Waals surface area contributed by atoms with Gasteiger partial charge in [-0.2, -0.15) is 4.31 Å². The van der Waals surface area contributed by atoms with Crippen molar-refractivity contribution in [2.75, 3.05) is 40.9 Å². The minimum Gasteiger partial charge on any atom is -0.496 e. The Balaban J connectivity index is 2.22. The van der Waals surface area contributed by atoms with Crippen molar-refractivity contribution in [1.82, 2.24) is 9.62 Å². The molecule has 1 fully saturated rings. The lowest BCUT2D eigenvalue weighted by Gasteiger charge is -2.31. The van der Waals surface area contributed by atoms with Gasteiger partial charge in [-0.1, -0.05) is 0 Å². The van der Waals surface area contributed by atoms with Crippen molar-refractivity contribution < 1.29 is 22.7 Å². The highest BCUT2D eigenvalue weighted by Crippen LogP contribution is 2.28. The van der Waals surface area contributed by atoms with Gasteiger partial charge in [-0.25, -0.2) is 13.2 Å². The first kappa shape index (κ1) is 18.7. The molecule has 1 aromatic rings. The first-order valence-corrected chi connectivity index (χ1v) is 9.29. The van der Waals surface area contributed by atoms with Crippen molar-refractivity contribution in [2.24, 2.45) is 5.92 Å². The van der Waals surface area contributed by atoms with Crippen LogP contribution in [0.4, 0.5) is 0 Å². The molecule has 0 saturated carbocycles. The Kier molecular flexibility index (Phi) is 6.20. The van der Waals surface area contributed by atoms with Crippen LogP contribution in [0.2, 0.25) is 0 Å². The number of piperidine rings is 1. The van der Waals surface area contributed by atoms with Gasteiger partial charge in [-0.05, 0) is 44.5 Å². The van der Waals surface area contributed by atoms with Gasteiger partial charge in [0.2, 0.25) is 10.0 Å². The molecule has 1 N–H and O–H groups in total. The van der Waals surface area contributed by atoms with Gasteiger partial charge < -0.3 is 14.8 Å². The zero-order valence-corrected chi connectivity index (χ0v) is 15.1. The number of esters is 1. The number of nitrogens with zero attached hydrogens (tertiary/aromatic N) is 1. The van der Waals surface area contributed by atoms with Crippen LogP contribution in [0.15, 0.2) is 23.1 Å². The van der Waals surface area contributed by atoms with Crippen LogP contribution >= 0.6 is 0 Å². The standard InChI is InChI=1S/C16H24N2O5S/c1-17-11-12-6-8-18(9-7-12)24(20,21)13-4-5-14(16(19)23-3)15(10-13)22-2/h4-5,10,12,17H,6-9,11H2,1-3H3. The third kappa shape index (κ3) is 3.88. The summed E-state index contributed by atoms with van der Waals surface area (Å²) in [5.74, 6) is 0.120. The van der Waals surface area contributed by atoms with E-state index in [4.69, 9.17) is 4.74 Å². The lowest BCUT2D eigenvalue weighted by molar-refractivity contribution is 0.0597. The number of sulfonamides is 1. The van der Waals surface area contributed by atoms with Crippen LogP contribution in [0.25, 0.3) is 0 Å². The molecule has 0 spiro atoms. The van der Waals surface area contributed by atoms with Crippen molar-refractivity contribution in [3.8, 4) is 5.75 Å². The van der Waals surface area contributed by atoms with Crippen LogP contribution < -0.4 is 10.1 Å². The lowest BCUT2D eigenvalue weighted by Crippen LogP contribution is -2.40. The fraction of sp³-hybridized carbons (Fsp3) is 0.562. The first-order valence-electron chi connectivity index (χ1n) is 7.85. The van der Waals surface area contributed by atoms with Crippen LogP contribution in [0.1, 0.15) is 23.2 Å². The second-order valence-corrected chi connectivity index (χ2v) is 7.70. The van der Waals surface area contributed by atoms with Gasteiger partial charge in [0.1, 0.15) is 11.3 Å². The molecule has 7 nitrogen and oxygen atoms in total. The minimum atomic E-state index is -3.60. The zero-order chi connectivity index (χ0) is 17.7. The molecule has 1 heterocycles. The molecule has 0 atom stereocenters. The lowest BCUT2D eigenvalue weighted by atomic mass is 9.98. The van der Waals surface area contributed by atoms with Crippen LogP contribution in [-0.4, -0.2) is 59.6 Å². The topological polar surface area (TPSA) is 84.9 Å². The second kappa shape index (κ2) is 7.96. The third-order valence-corrected chi connectivity index (χ3v) is 6.18. The van der Waals surface area contributed by atoms with Crippen LogP contribution in [-0.2, 0) is 14.8 Å². The fourth-order valence-corrected chi connectivity index (χ4v) is 4.39. The molecule has 0 aromatic heterocycles. The number of hydrogen-bond acceptors (Lipinski definition) is 6. The molecule has 1 aliphatic heterocycles. The fourth-order valence-electron chi connectivity index (χ4n) is 2.90. The molecule has 24 heavy (non-hydrogen) atoms. The number of ether oxygens (including phenoxy) is 2. The average molecular weight is 356 g/mol. The Labute approximate surface area is 143 Å². The molecule has 0 bridgehead atoms. The summed E-state index contributed by atoms with van der Waals surface area (Å²) in [5, 5.41) is 3.13. The van der Waals surface area contributed by atoms with Crippen LogP contribution in [0.5, 0.6) is 5.75 Å². The quantitative estimate of drug-likeness (QED) is 0.769. The third-order valence-electron chi connectivity index (χ3n) is 4.28. The summed E-state index contributed by atoms with van der Waals surface area (Å²) in [4.78, 5) is 11.8.